The molecule has 2 aromatic rings. The first-order valence-electron chi connectivity index (χ1n) is 6.77. The van der Waals surface area contributed by atoms with Crippen molar-refractivity contribution in [2.45, 2.75) is 52.1 Å². The maximum Gasteiger partial charge on any atom is 0.193 e. The molecule has 1 N–H and O–H groups in total. The standard InChI is InChI=1S/C14H21N3S/c1-14(2)5-3-11(4-6-14)15-9-12-10-17-7-8-18-13(17)16-12/h7-8,10-11,15H,3-6,9H2,1-2H3. The van der Waals surface area contributed by atoms with Gasteiger partial charge in [-0.05, 0) is 31.1 Å². The summed E-state index contributed by atoms with van der Waals surface area (Å²) < 4.78 is 2.10. The molecule has 0 amide bonds. The number of thiazole rings is 1. The number of aromatic nitrogens is 2. The molecule has 3 nitrogen and oxygen atoms in total. The van der Waals surface area contributed by atoms with Crippen molar-refractivity contribution >= 4 is 16.3 Å². The van der Waals surface area contributed by atoms with Crippen molar-refractivity contribution in [1.82, 2.24) is 14.7 Å². The van der Waals surface area contributed by atoms with Crippen LogP contribution in [0.4, 0.5) is 0 Å². The van der Waals surface area contributed by atoms with Gasteiger partial charge in [0.15, 0.2) is 4.96 Å². The molecule has 1 fully saturated rings. The smallest absolute Gasteiger partial charge is 0.193 e. The molecule has 2 heterocycles. The van der Waals surface area contributed by atoms with E-state index >= 15 is 0 Å². The van der Waals surface area contributed by atoms with Crippen molar-refractivity contribution in [3.05, 3.63) is 23.5 Å². The van der Waals surface area contributed by atoms with Crippen LogP contribution in [0.2, 0.25) is 0 Å². The normalized spacial score (nSPS) is 20.6. The van der Waals surface area contributed by atoms with Crippen molar-refractivity contribution in [2.75, 3.05) is 0 Å². The average molecular weight is 263 g/mol. The minimum atomic E-state index is 0.551. The van der Waals surface area contributed by atoms with E-state index in [-0.39, 0.29) is 0 Å². The molecule has 0 unspecified atom stereocenters. The summed E-state index contributed by atoms with van der Waals surface area (Å²) in [6.07, 6.45) is 9.47. The molecule has 4 heteroatoms. The van der Waals surface area contributed by atoms with Gasteiger partial charge in [0.05, 0.1) is 5.69 Å². The zero-order valence-corrected chi connectivity index (χ0v) is 12.0. The molecular formula is C14H21N3S. The van der Waals surface area contributed by atoms with Crippen molar-refractivity contribution < 1.29 is 0 Å². The van der Waals surface area contributed by atoms with Crippen molar-refractivity contribution in [3.63, 3.8) is 0 Å². The predicted molar refractivity (Wildman–Crippen MR) is 75.9 cm³/mol. The second kappa shape index (κ2) is 4.67. The summed E-state index contributed by atoms with van der Waals surface area (Å²) >= 11 is 1.69. The number of hydrogen-bond donors (Lipinski definition) is 1. The van der Waals surface area contributed by atoms with Crippen molar-refractivity contribution in [3.8, 4) is 0 Å². The van der Waals surface area contributed by atoms with Crippen molar-refractivity contribution in [1.29, 1.82) is 0 Å². The predicted octanol–water partition coefficient (Wildman–Crippen LogP) is 3.45. The van der Waals surface area contributed by atoms with Crippen LogP contribution in [0, 0.1) is 5.41 Å². The third-order valence-corrected chi connectivity index (χ3v) is 4.82. The molecule has 98 valence electrons. The first-order valence-corrected chi connectivity index (χ1v) is 7.65. The fourth-order valence-corrected chi connectivity index (χ4v) is 3.43. The third kappa shape index (κ3) is 2.59. The van der Waals surface area contributed by atoms with Crippen LogP contribution in [0.25, 0.3) is 4.96 Å². The van der Waals surface area contributed by atoms with E-state index in [1.54, 1.807) is 11.3 Å². The second-order valence-electron chi connectivity index (χ2n) is 6.14. The maximum absolute atomic E-state index is 4.60. The summed E-state index contributed by atoms with van der Waals surface area (Å²) in [5.41, 5.74) is 1.71. The van der Waals surface area contributed by atoms with Crippen LogP contribution in [0.1, 0.15) is 45.2 Å². The van der Waals surface area contributed by atoms with Gasteiger partial charge < -0.3 is 5.32 Å². The third-order valence-electron chi connectivity index (χ3n) is 4.05. The Morgan fingerprint density at radius 2 is 2.22 bits per heavy atom. The highest BCUT2D eigenvalue weighted by Crippen LogP contribution is 2.35. The van der Waals surface area contributed by atoms with Gasteiger partial charge >= 0.3 is 0 Å². The molecule has 3 rings (SSSR count). The molecule has 1 aliphatic carbocycles. The average Bonchev–Trinajstić information content (AvgIpc) is 2.88. The monoisotopic (exact) mass is 263 g/mol. The van der Waals surface area contributed by atoms with Crippen LogP contribution < -0.4 is 5.32 Å². The Balaban J connectivity index is 1.54. The molecule has 0 saturated heterocycles. The zero-order valence-electron chi connectivity index (χ0n) is 11.1. The first-order chi connectivity index (χ1) is 8.62. The van der Waals surface area contributed by atoms with Crippen LogP contribution in [0.5, 0.6) is 0 Å². The van der Waals surface area contributed by atoms with Gasteiger partial charge in [0, 0.05) is 30.4 Å². The molecule has 18 heavy (non-hydrogen) atoms. The van der Waals surface area contributed by atoms with Crippen LogP contribution in [-0.4, -0.2) is 15.4 Å². The number of hydrogen-bond acceptors (Lipinski definition) is 3. The van der Waals surface area contributed by atoms with Gasteiger partial charge in [-0.3, -0.25) is 4.40 Å². The van der Waals surface area contributed by atoms with Gasteiger partial charge in [-0.2, -0.15) is 0 Å². The molecule has 0 atom stereocenters. The molecule has 1 saturated carbocycles. The van der Waals surface area contributed by atoms with Gasteiger partial charge in [0.2, 0.25) is 0 Å². The minimum absolute atomic E-state index is 0.551. The lowest BCUT2D eigenvalue weighted by molar-refractivity contribution is 0.206. The molecule has 0 radical (unpaired) electrons. The number of nitrogens with zero attached hydrogens (tertiary/aromatic N) is 2. The fourth-order valence-electron chi connectivity index (χ4n) is 2.71. The van der Waals surface area contributed by atoms with Gasteiger partial charge in [-0.1, -0.05) is 13.8 Å². The van der Waals surface area contributed by atoms with E-state index in [1.165, 1.54) is 25.7 Å². The van der Waals surface area contributed by atoms with Gasteiger partial charge in [0.1, 0.15) is 0 Å². The van der Waals surface area contributed by atoms with E-state index in [1.807, 2.05) is 0 Å². The SMILES string of the molecule is CC1(C)CCC(NCc2cn3ccsc3n2)CC1. The Labute approximate surface area is 112 Å². The van der Waals surface area contributed by atoms with Crippen molar-refractivity contribution in [2.24, 2.45) is 5.41 Å². The minimum Gasteiger partial charge on any atom is -0.308 e. The highest BCUT2D eigenvalue weighted by Gasteiger charge is 2.26. The molecule has 0 aromatic carbocycles. The van der Waals surface area contributed by atoms with E-state index in [9.17, 15) is 0 Å². The molecule has 0 bridgehead atoms. The second-order valence-corrected chi connectivity index (χ2v) is 7.02. The number of fused-ring (bicyclic) bond motifs is 1. The summed E-state index contributed by atoms with van der Waals surface area (Å²) in [6, 6.07) is 0.678. The Morgan fingerprint density at radius 3 is 2.94 bits per heavy atom. The Morgan fingerprint density at radius 1 is 1.44 bits per heavy atom. The van der Waals surface area contributed by atoms with E-state index in [2.05, 4.69) is 46.3 Å². The van der Waals surface area contributed by atoms with E-state index in [0.717, 1.165) is 17.2 Å². The maximum atomic E-state index is 4.60. The topological polar surface area (TPSA) is 29.3 Å². The van der Waals surface area contributed by atoms with Crippen LogP contribution in [0.15, 0.2) is 17.8 Å². The highest BCUT2D eigenvalue weighted by atomic mass is 32.1. The zero-order chi connectivity index (χ0) is 12.6. The van der Waals surface area contributed by atoms with Gasteiger partial charge in [-0.15, -0.1) is 11.3 Å². The lowest BCUT2D eigenvalue weighted by Gasteiger charge is -2.34. The molecule has 2 aromatic heterocycles. The first kappa shape index (κ1) is 12.2. The highest BCUT2D eigenvalue weighted by molar-refractivity contribution is 7.15. The molecular weight excluding hydrogens is 242 g/mol. The van der Waals surface area contributed by atoms with Crippen LogP contribution in [-0.2, 0) is 6.54 Å². The molecule has 1 aliphatic rings. The Kier molecular flexibility index (Phi) is 3.16. The quantitative estimate of drug-likeness (QED) is 0.919. The largest absolute Gasteiger partial charge is 0.308 e. The van der Waals surface area contributed by atoms with E-state index in [4.69, 9.17) is 0 Å². The molecule has 0 aliphatic heterocycles. The fraction of sp³-hybridized carbons (Fsp3) is 0.643. The summed E-state index contributed by atoms with van der Waals surface area (Å²) in [5.74, 6) is 0. The summed E-state index contributed by atoms with van der Waals surface area (Å²) in [4.78, 5) is 5.70. The van der Waals surface area contributed by atoms with Crippen LogP contribution in [0.3, 0.4) is 0 Å². The van der Waals surface area contributed by atoms with Gasteiger partial charge in [0.25, 0.3) is 0 Å². The lowest BCUT2D eigenvalue weighted by Crippen LogP contribution is -2.35. The van der Waals surface area contributed by atoms with Gasteiger partial charge in [-0.25, -0.2) is 4.98 Å². The summed E-state index contributed by atoms with van der Waals surface area (Å²) in [6.45, 7) is 5.67. The lowest BCUT2D eigenvalue weighted by atomic mass is 9.75. The van der Waals surface area contributed by atoms with E-state index < -0.39 is 0 Å². The Hall–Kier alpha value is -0.870. The van der Waals surface area contributed by atoms with Crippen LogP contribution >= 0.6 is 11.3 Å². The number of imidazole rings is 1. The van der Waals surface area contributed by atoms with E-state index in [0.29, 0.717) is 11.5 Å². The number of rotatable bonds is 3. The Bertz CT molecular complexity index is 487. The summed E-state index contributed by atoms with van der Waals surface area (Å²) in [5, 5.41) is 5.73. The summed E-state index contributed by atoms with van der Waals surface area (Å²) in [7, 11) is 0. The number of nitrogens with one attached hydrogen (secondary N) is 1. The molecule has 0 spiro atoms.